The predicted molar refractivity (Wildman–Crippen MR) is 310 cm³/mol. The Bertz CT molecular complexity index is 2460. The van der Waals surface area contributed by atoms with E-state index in [9.17, 15) is 71.9 Å². The number of benzene rings is 4. The molecule has 0 bridgehead atoms. The van der Waals surface area contributed by atoms with Crippen LogP contribution in [0.25, 0.3) is 0 Å². The molecule has 0 aliphatic carbocycles. The van der Waals surface area contributed by atoms with Gasteiger partial charge in [0.1, 0.15) is 0 Å². The van der Waals surface area contributed by atoms with Crippen LogP contribution in [0.2, 0.25) is 35.5 Å². The maximum atomic E-state index is 14.6. The summed E-state index contributed by atoms with van der Waals surface area (Å²) in [5, 5.41) is 0. The van der Waals surface area contributed by atoms with Crippen LogP contribution in [0.5, 0.6) is 0 Å². The Morgan fingerprint density at radius 3 is 0.547 bits per heavy atom. The second-order valence-corrected chi connectivity index (χ2v) is 64.6. The van der Waals surface area contributed by atoms with Crippen molar-refractivity contribution in [3.05, 3.63) is 141 Å². The van der Waals surface area contributed by atoms with E-state index in [4.69, 9.17) is 15.1 Å². The third kappa shape index (κ3) is 22.2. The summed E-state index contributed by atoms with van der Waals surface area (Å²) >= 11 is -19.4. The molecule has 0 aliphatic heterocycles. The van der Waals surface area contributed by atoms with E-state index in [1.165, 1.54) is 0 Å². The molecule has 0 atom stereocenters. The van der Waals surface area contributed by atoms with Crippen LogP contribution in [0.15, 0.2) is 48.5 Å². The fraction of sp³-hybridized carbons (Fsp3) is 0.533. The van der Waals surface area contributed by atoms with Gasteiger partial charge in [0.15, 0.2) is 0 Å². The van der Waals surface area contributed by atoms with Crippen molar-refractivity contribution < 1.29 is 87.0 Å². The third-order valence-electron chi connectivity index (χ3n) is 14.1. The Balaban J connectivity index is 0.000000450. The molecule has 10 nitrogen and oxygen atoms in total. The topological polar surface area (TPSA) is 124 Å². The molecule has 4 aromatic rings. The summed E-state index contributed by atoms with van der Waals surface area (Å²) < 4.78 is 213. The summed E-state index contributed by atoms with van der Waals surface area (Å²) in [6.07, 6.45) is 9.38. The van der Waals surface area contributed by atoms with E-state index in [-0.39, 0.29) is 35.5 Å². The molecule has 0 aromatic heterocycles. The summed E-state index contributed by atoms with van der Waals surface area (Å²) in [5.41, 5.74) is -4.72. The van der Waals surface area contributed by atoms with Crippen molar-refractivity contribution in [1.29, 1.82) is 0 Å². The van der Waals surface area contributed by atoms with E-state index < -0.39 is 193 Å². The predicted octanol–water partition coefficient (Wildman–Crippen LogP) is 19.3. The van der Waals surface area contributed by atoms with Gasteiger partial charge in [0.2, 0.25) is 0 Å². The molecule has 480 valence electrons. The minimum atomic E-state index is -4.86. The van der Waals surface area contributed by atoms with Gasteiger partial charge in [-0.3, -0.25) is 0 Å². The van der Waals surface area contributed by atoms with Gasteiger partial charge in [-0.1, -0.05) is 0 Å². The molecule has 0 saturated carbocycles. The Hall–Kier alpha value is -2.97. The zero-order chi connectivity index (χ0) is 64.4. The van der Waals surface area contributed by atoms with Crippen LogP contribution in [-0.4, -0.2) is 101 Å². The van der Waals surface area contributed by atoms with Gasteiger partial charge in [0.05, 0.1) is 0 Å². The van der Waals surface area contributed by atoms with E-state index >= 15 is 0 Å². The second kappa shape index (κ2) is 38.0. The normalized spacial score (nSPS) is 12.0. The molecule has 0 unspecified atom stereocenters. The Morgan fingerprint density at radius 1 is 0.267 bits per heavy atom. The molecule has 0 fully saturated rings. The number of carbonyl (C=O) groups is 4. The van der Waals surface area contributed by atoms with Crippen molar-refractivity contribution in [2.75, 3.05) is 0 Å². The van der Waals surface area contributed by atoms with Crippen molar-refractivity contribution in [2.45, 2.75) is 194 Å². The first-order valence-electron chi connectivity index (χ1n) is 29.7. The van der Waals surface area contributed by atoms with Gasteiger partial charge in [-0.15, -0.1) is 0 Å². The Morgan fingerprint density at radius 2 is 0.407 bits per heavy atom. The number of rotatable bonds is 36. The molecule has 4 rings (SSSR count). The molecule has 0 amide bonds. The van der Waals surface area contributed by atoms with Crippen LogP contribution >= 0.6 is 0 Å². The van der Waals surface area contributed by atoms with Gasteiger partial charge in [0.25, 0.3) is 0 Å². The van der Waals surface area contributed by atoms with Gasteiger partial charge in [-0.2, -0.15) is 0 Å². The number of hydrogen-bond donors (Lipinski definition) is 0. The van der Waals surface area contributed by atoms with Crippen LogP contribution in [0.3, 0.4) is 0 Å². The van der Waals surface area contributed by atoms with Gasteiger partial charge in [-0.05, 0) is 0 Å². The Kier molecular flexibility index (Phi) is 34.2. The first-order valence-corrected chi connectivity index (χ1v) is 55.1. The first-order chi connectivity index (χ1) is 40.8. The number of hydrogen-bond acceptors (Lipinski definition) is 10. The minimum absolute atomic E-state index is 0.257. The first kappa shape index (κ1) is 77.3. The molecule has 0 saturated heterocycles. The van der Waals surface area contributed by atoms with E-state index in [1.807, 2.05) is 55.4 Å². The average Bonchev–Trinajstić information content (AvgIpc) is 1.32. The molecule has 0 spiro atoms. The van der Waals surface area contributed by atoms with Crippen LogP contribution in [-0.2, 0) is 15.1 Å². The number of carbonyl (C=O) groups excluding carboxylic acids is 4. The zero-order valence-electron chi connectivity index (χ0n) is 50.2. The molecule has 0 radical (unpaired) electrons. The van der Waals surface area contributed by atoms with E-state index in [2.05, 4.69) is 0 Å². The molecule has 4 aromatic carbocycles. The zero-order valence-corrected chi connectivity index (χ0v) is 61.6. The summed E-state index contributed by atoms with van der Waals surface area (Å²) in [7, 11) is 0. The summed E-state index contributed by atoms with van der Waals surface area (Å²) in [6, 6.07) is 4.74. The standard InChI is InChI=1S/4C7H3F3O2.8C4H9.2O.4Sn/c4*8-3-1-2-4(9)6(10)5(3)7(11)12;8*1-3-4-2;;;;;;/h4*1-2H,(H,11,12);8*1,3-4H2,2H3;;;;;;/q;;;;;;;;;;;;;;4*+1/p-4. The molecule has 0 aliphatic rings. The van der Waals surface area contributed by atoms with Gasteiger partial charge >= 0.3 is 522 Å². The second-order valence-electron chi connectivity index (χ2n) is 21.1. The van der Waals surface area contributed by atoms with Gasteiger partial charge < -0.3 is 0 Å². The van der Waals surface area contributed by atoms with E-state index in [0.29, 0.717) is 151 Å². The van der Waals surface area contributed by atoms with Crippen LogP contribution in [0, 0.1) is 69.8 Å². The SMILES string of the molecule is CCC[CH2][Sn]([CH2]CCC)([O]C(=O)c1c(F)ccc(F)c1F)[O][Sn]([CH2]CCC)([CH2]CCC)[O]C(=O)c1c(F)ccc(F)c1F.CCC[CH2][Sn]([CH2]CCC)([O]C(=O)c1c(F)ccc(F)c1F)[O][Sn]([CH2]CCC)([CH2]CCC)[O]C(=O)c1c(F)ccc(F)c1F. The van der Waals surface area contributed by atoms with Gasteiger partial charge in [-0.25, -0.2) is 0 Å². The molecular weight excluding hydrogens is 1580 g/mol. The number of unbranched alkanes of at least 4 members (excludes halogenated alkanes) is 8. The van der Waals surface area contributed by atoms with Crippen molar-refractivity contribution >= 4 is 101 Å². The van der Waals surface area contributed by atoms with Crippen LogP contribution in [0.1, 0.15) is 200 Å². The molecule has 26 heteroatoms. The Labute approximate surface area is 517 Å². The molecular formula is C60H80F12O10Sn4. The average molecular weight is 1660 g/mol. The fourth-order valence-electron chi connectivity index (χ4n) is 9.38. The fourth-order valence-corrected chi connectivity index (χ4v) is 91.4. The monoisotopic (exact) mass is 1670 g/mol. The van der Waals surface area contributed by atoms with Crippen molar-refractivity contribution in [3.63, 3.8) is 0 Å². The molecule has 0 heterocycles. The van der Waals surface area contributed by atoms with Crippen molar-refractivity contribution in [3.8, 4) is 0 Å². The molecule has 86 heavy (non-hydrogen) atoms. The van der Waals surface area contributed by atoms with E-state index in [1.54, 1.807) is 0 Å². The van der Waals surface area contributed by atoms with Crippen LogP contribution in [0.4, 0.5) is 52.7 Å². The summed E-state index contributed by atoms with van der Waals surface area (Å²) in [6.45, 7) is 15.1. The molecule has 0 N–H and O–H groups in total. The van der Waals surface area contributed by atoms with Crippen molar-refractivity contribution in [1.82, 2.24) is 0 Å². The number of halogens is 12. The summed E-state index contributed by atoms with van der Waals surface area (Å²) in [5.74, 6) is -23.3. The maximum absolute atomic E-state index is 14.6. The van der Waals surface area contributed by atoms with Crippen LogP contribution < -0.4 is 0 Å². The van der Waals surface area contributed by atoms with Gasteiger partial charge in [0, 0.05) is 0 Å². The van der Waals surface area contributed by atoms with Crippen molar-refractivity contribution in [2.24, 2.45) is 0 Å². The van der Waals surface area contributed by atoms with E-state index in [0.717, 1.165) is 0 Å². The summed E-state index contributed by atoms with van der Waals surface area (Å²) in [4.78, 5) is 53.4. The quantitative estimate of drug-likeness (QED) is 0.0247. The third-order valence-corrected chi connectivity index (χ3v) is 78.7.